The van der Waals surface area contributed by atoms with E-state index in [1.54, 1.807) is 29.7 Å². The van der Waals surface area contributed by atoms with Crippen molar-refractivity contribution in [3.05, 3.63) is 77.1 Å². The summed E-state index contributed by atoms with van der Waals surface area (Å²) in [5.74, 6) is 0.654. The maximum atomic E-state index is 13.8. The normalized spacial score (nSPS) is 20.9. The predicted octanol–water partition coefficient (Wildman–Crippen LogP) is 4.51. The third kappa shape index (κ3) is 7.49. The highest BCUT2D eigenvalue weighted by molar-refractivity contribution is 7.89. The van der Waals surface area contributed by atoms with Crippen molar-refractivity contribution < 1.29 is 17.9 Å². The quantitative estimate of drug-likeness (QED) is 0.265. The summed E-state index contributed by atoms with van der Waals surface area (Å²) < 4.78 is 40.4. The van der Waals surface area contributed by atoms with Crippen molar-refractivity contribution in [1.82, 2.24) is 29.4 Å². The summed E-state index contributed by atoms with van der Waals surface area (Å²) >= 11 is 0. The van der Waals surface area contributed by atoms with Crippen LogP contribution in [0.15, 0.2) is 59.6 Å². The number of nitrogens with zero attached hydrogens (tertiary/aromatic N) is 5. The van der Waals surface area contributed by atoms with Crippen molar-refractivity contribution in [2.24, 2.45) is 0 Å². The molecule has 0 amide bonds. The minimum Gasteiger partial charge on any atom is -0.497 e. The number of rotatable bonds is 13. The molecule has 3 saturated heterocycles. The zero-order valence-corrected chi connectivity index (χ0v) is 29.0. The average molecular weight is 663 g/mol. The van der Waals surface area contributed by atoms with Crippen LogP contribution in [0.25, 0.3) is 0 Å². The van der Waals surface area contributed by atoms with Crippen LogP contribution in [0.5, 0.6) is 11.8 Å². The molecular weight excluding hydrogens is 613 g/mol. The predicted molar refractivity (Wildman–Crippen MR) is 183 cm³/mol. The lowest BCUT2D eigenvalue weighted by molar-refractivity contribution is 0.0345. The molecule has 1 aromatic heterocycles. The Kier molecular flexibility index (Phi) is 10.8. The van der Waals surface area contributed by atoms with Crippen molar-refractivity contribution in [3.63, 3.8) is 0 Å². The number of nitrogens with one attached hydrogen (secondary N) is 1. The summed E-state index contributed by atoms with van der Waals surface area (Å²) in [6.07, 6.45) is 8.18. The number of ether oxygens (including phenoxy) is 2. The zero-order valence-electron chi connectivity index (χ0n) is 28.2. The van der Waals surface area contributed by atoms with Crippen LogP contribution in [0, 0.1) is 13.8 Å². The Bertz CT molecular complexity index is 1570. The number of likely N-dealkylation sites (tertiary alicyclic amines) is 2. The first-order valence-electron chi connectivity index (χ1n) is 17.2. The van der Waals surface area contributed by atoms with Crippen LogP contribution in [-0.2, 0) is 22.1 Å². The van der Waals surface area contributed by atoms with E-state index in [1.165, 1.54) is 44.3 Å². The van der Waals surface area contributed by atoms with Gasteiger partial charge >= 0.3 is 6.01 Å². The molecule has 11 heteroatoms. The molecule has 0 aliphatic carbocycles. The zero-order chi connectivity index (χ0) is 32.9. The molecule has 1 atom stereocenters. The SMILES string of the molecule is COc1cc(C)c(S(=O)(=O)N2CCC[C@H]2COc2nccc(CNCCN3CCC(c4ccccc4)(N4CCCC4)CC3)n2)c(C)c1. The van der Waals surface area contributed by atoms with Crippen LogP contribution >= 0.6 is 0 Å². The molecule has 254 valence electrons. The standard InChI is InChI=1S/C36H50N6O4S/c1-28-24-33(45-3)25-29(2)34(28)47(43,44)42-20-9-12-32(42)27-46-35-38-16-13-31(39-35)26-37-17-23-40-21-14-36(15-22-40,41-18-7-8-19-41)30-10-5-4-6-11-30/h4-6,10-11,13,16,24-25,32,37H,7-9,12,14-15,17-23,26-27H2,1-3H3/t32-/m0/s1. The van der Waals surface area contributed by atoms with E-state index in [1.807, 2.05) is 19.9 Å². The number of hydrogen-bond donors (Lipinski definition) is 1. The van der Waals surface area contributed by atoms with Gasteiger partial charge in [0.15, 0.2) is 0 Å². The second-order valence-electron chi connectivity index (χ2n) is 13.3. The molecule has 3 aromatic rings. The largest absolute Gasteiger partial charge is 0.497 e. The Hall–Kier alpha value is -3.09. The van der Waals surface area contributed by atoms with E-state index >= 15 is 0 Å². The van der Waals surface area contributed by atoms with E-state index in [0.717, 1.165) is 44.7 Å². The van der Waals surface area contributed by atoms with Gasteiger partial charge in [0.05, 0.1) is 23.7 Å². The van der Waals surface area contributed by atoms with Gasteiger partial charge in [-0.3, -0.25) is 4.90 Å². The van der Waals surface area contributed by atoms with Crippen LogP contribution in [0.3, 0.4) is 0 Å². The summed E-state index contributed by atoms with van der Waals surface area (Å²) in [5, 5.41) is 3.55. The summed E-state index contributed by atoms with van der Waals surface area (Å²) in [7, 11) is -2.11. The highest BCUT2D eigenvalue weighted by atomic mass is 32.2. The van der Waals surface area contributed by atoms with Gasteiger partial charge in [-0.05, 0) is 100 Å². The maximum absolute atomic E-state index is 13.8. The number of methoxy groups -OCH3 is 1. The number of sulfonamides is 1. The smallest absolute Gasteiger partial charge is 0.316 e. The first-order chi connectivity index (χ1) is 22.8. The van der Waals surface area contributed by atoms with Gasteiger partial charge in [-0.2, -0.15) is 9.29 Å². The van der Waals surface area contributed by atoms with Gasteiger partial charge in [0, 0.05) is 51.0 Å². The molecule has 3 aliphatic heterocycles. The molecule has 3 aliphatic rings. The lowest BCUT2D eigenvalue weighted by atomic mass is 9.79. The van der Waals surface area contributed by atoms with Gasteiger partial charge in [0.25, 0.3) is 0 Å². The molecule has 6 rings (SSSR count). The number of aryl methyl sites for hydroxylation is 2. The van der Waals surface area contributed by atoms with Gasteiger partial charge in [-0.25, -0.2) is 13.4 Å². The molecule has 4 heterocycles. The number of aromatic nitrogens is 2. The molecule has 10 nitrogen and oxygen atoms in total. The van der Waals surface area contributed by atoms with Crippen molar-refractivity contribution in [3.8, 4) is 11.8 Å². The van der Waals surface area contributed by atoms with Crippen LogP contribution < -0.4 is 14.8 Å². The van der Waals surface area contributed by atoms with Crippen LogP contribution in [0.1, 0.15) is 60.9 Å². The van der Waals surface area contributed by atoms with Crippen LogP contribution in [0.4, 0.5) is 0 Å². The fourth-order valence-electron chi connectivity index (χ4n) is 7.84. The monoisotopic (exact) mass is 662 g/mol. The minimum absolute atomic E-state index is 0.173. The molecular formula is C36H50N6O4S. The number of benzene rings is 2. The van der Waals surface area contributed by atoms with Crippen molar-refractivity contribution >= 4 is 10.0 Å². The Morgan fingerprint density at radius 3 is 2.38 bits per heavy atom. The van der Waals surface area contributed by atoms with E-state index in [0.29, 0.717) is 34.9 Å². The van der Waals surface area contributed by atoms with Gasteiger partial charge in [0.1, 0.15) is 12.4 Å². The van der Waals surface area contributed by atoms with Gasteiger partial charge in [-0.1, -0.05) is 30.3 Å². The molecule has 0 saturated carbocycles. The second kappa shape index (κ2) is 15.0. The summed E-state index contributed by atoms with van der Waals surface area (Å²) in [5.41, 5.74) is 3.86. The third-order valence-corrected chi connectivity index (χ3v) is 12.5. The first kappa shape index (κ1) is 33.8. The Labute approximate surface area is 280 Å². The molecule has 2 aromatic carbocycles. The Balaban J connectivity index is 0.981. The first-order valence-corrected chi connectivity index (χ1v) is 18.6. The number of hydrogen-bond acceptors (Lipinski definition) is 9. The maximum Gasteiger partial charge on any atom is 0.316 e. The topological polar surface area (TPSA) is 100 Å². The van der Waals surface area contributed by atoms with E-state index in [9.17, 15) is 8.42 Å². The molecule has 0 bridgehead atoms. The molecule has 0 unspecified atom stereocenters. The fourth-order valence-corrected chi connectivity index (χ4v) is 9.94. The van der Waals surface area contributed by atoms with E-state index in [2.05, 4.69) is 55.4 Å². The van der Waals surface area contributed by atoms with E-state index in [4.69, 9.17) is 9.47 Å². The van der Waals surface area contributed by atoms with E-state index < -0.39 is 10.0 Å². The molecule has 47 heavy (non-hydrogen) atoms. The molecule has 1 N–H and O–H groups in total. The van der Waals surface area contributed by atoms with Crippen LogP contribution in [-0.4, -0.2) is 98.1 Å². The lowest BCUT2D eigenvalue weighted by Crippen LogP contribution is -2.53. The summed E-state index contributed by atoms with van der Waals surface area (Å²) in [6.45, 7) is 11.4. The fraction of sp³-hybridized carbons (Fsp3) is 0.556. The van der Waals surface area contributed by atoms with Crippen molar-refractivity contribution in [2.45, 2.75) is 75.4 Å². The number of piperidine rings is 1. The second-order valence-corrected chi connectivity index (χ2v) is 15.1. The van der Waals surface area contributed by atoms with Crippen molar-refractivity contribution in [2.75, 3.05) is 59.5 Å². The van der Waals surface area contributed by atoms with Gasteiger partial charge in [0.2, 0.25) is 10.0 Å². The highest BCUT2D eigenvalue weighted by Crippen LogP contribution is 2.41. The molecule has 0 radical (unpaired) electrons. The third-order valence-electron chi connectivity index (χ3n) is 10.3. The summed E-state index contributed by atoms with van der Waals surface area (Å²) in [6, 6.07) is 16.6. The summed E-state index contributed by atoms with van der Waals surface area (Å²) in [4.78, 5) is 14.6. The molecule has 3 fully saturated rings. The van der Waals surface area contributed by atoms with Crippen molar-refractivity contribution in [1.29, 1.82) is 0 Å². The average Bonchev–Trinajstić information content (AvgIpc) is 3.80. The van der Waals surface area contributed by atoms with Gasteiger partial charge < -0.3 is 19.7 Å². The molecule has 0 spiro atoms. The Morgan fingerprint density at radius 2 is 1.68 bits per heavy atom. The Morgan fingerprint density at radius 1 is 0.957 bits per heavy atom. The van der Waals surface area contributed by atoms with Crippen LogP contribution in [0.2, 0.25) is 0 Å². The highest BCUT2D eigenvalue weighted by Gasteiger charge is 2.42. The minimum atomic E-state index is -3.70. The lowest BCUT2D eigenvalue weighted by Gasteiger charge is -2.48. The van der Waals surface area contributed by atoms with E-state index in [-0.39, 0.29) is 24.2 Å². The van der Waals surface area contributed by atoms with Gasteiger partial charge in [-0.15, -0.1) is 0 Å².